The van der Waals surface area contributed by atoms with Gasteiger partial charge in [0.05, 0.1) is 18.0 Å². The summed E-state index contributed by atoms with van der Waals surface area (Å²) in [5.74, 6) is -1.17. The van der Waals surface area contributed by atoms with E-state index >= 15 is 0 Å². The molecule has 0 fully saturated rings. The number of carbonyl (C=O) groups is 1. The van der Waals surface area contributed by atoms with Crippen LogP contribution in [0.25, 0.3) is 0 Å². The van der Waals surface area contributed by atoms with Crippen LogP contribution in [0.5, 0.6) is 0 Å². The zero-order valence-corrected chi connectivity index (χ0v) is 13.6. The molecule has 1 aromatic rings. The van der Waals surface area contributed by atoms with E-state index in [1.807, 2.05) is 0 Å². The van der Waals surface area contributed by atoms with Crippen molar-refractivity contribution in [2.75, 3.05) is 13.3 Å². The summed E-state index contributed by atoms with van der Waals surface area (Å²) in [6.07, 6.45) is -6.90. The lowest BCUT2D eigenvalue weighted by Gasteiger charge is -2.34. The second kappa shape index (κ2) is 7.00. The van der Waals surface area contributed by atoms with Gasteiger partial charge in [0.15, 0.2) is 5.78 Å². The standard InChI is InChI=1S/C13H15F3NO6P/c1-3-23-24(2,22)12(19,13(14,15)16)8-11(18)9-4-6-10(7-5-9)17(20)21/h4-7,19H,3,8H2,1-2H3. The lowest BCUT2D eigenvalue weighted by molar-refractivity contribution is -0.384. The monoisotopic (exact) mass is 369 g/mol. The van der Waals surface area contributed by atoms with Gasteiger partial charge in [0.2, 0.25) is 12.7 Å². The van der Waals surface area contributed by atoms with Crippen LogP contribution in [0.3, 0.4) is 0 Å². The number of non-ortho nitro benzene ring substituents is 1. The summed E-state index contributed by atoms with van der Waals surface area (Å²) in [5.41, 5.74) is -0.645. The molecule has 0 bridgehead atoms. The van der Waals surface area contributed by atoms with Gasteiger partial charge in [0, 0.05) is 24.4 Å². The van der Waals surface area contributed by atoms with Crippen molar-refractivity contribution in [3.63, 3.8) is 0 Å². The fourth-order valence-corrected chi connectivity index (χ4v) is 3.52. The van der Waals surface area contributed by atoms with E-state index < -0.39 is 36.0 Å². The first-order valence-corrected chi connectivity index (χ1v) is 8.72. The van der Waals surface area contributed by atoms with Crippen LogP contribution >= 0.6 is 7.37 Å². The maximum atomic E-state index is 13.2. The van der Waals surface area contributed by atoms with E-state index in [1.54, 1.807) is 0 Å². The molecule has 1 rings (SSSR count). The fraction of sp³-hybridized carbons (Fsp3) is 0.462. The first-order chi connectivity index (χ1) is 10.9. The third-order valence-electron chi connectivity index (χ3n) is 3.31. The van der Waals surface area contributed by atoms with Crippen molar-refractivity contribution in [2.45, 2.75) is 24.9 Å². The average molecular weight is 369 g/mol. The maximum Gasteiger partial charge on any atom is 0.427 e. The van der Waals surface area contributed by atoms with E-state index in [2.05, 4.69) is 4.52 Å². The number of hydrogen-bond donors (Lipinski definition) is 1. The lowest BCUT2D eigenvalue weighted by Crippen LogP contribution is -2.46. The second-order valence-electron chi connectivity index (χ2n) is 4.98. The molecule has 0 saturated heterocycles. The Kier molecular flexibility index (Phi) is 5.91. The Morgan fingerprint density at radius 2 is 1.83 bits per heavy atom. The molecule has 0 aromatic heterocycles. The van der Waals surface area contributed by atoms with Gasteiger partial charge in [-0.15, -0.1) is 0 Å². The quantitative estimate of drug-likeness (QED) is 0.342. The minimum Gasteiger partial charge on any atom is -0.372 e. The van der Waals surface area contributed by atoms with Crippen molar-refractivity contribution in [3.05, 3.63) is 39.9 Å². The summed E-state index contributed by atoms with van der Waals surface area (Å²) in [6, 6.07) is 3.79. The van der Waals surface area contributed by atoms with Gasteiger partial charge in [-0.25, -0.2) is 0 Å². The SMILES string of the molecule is CCOP(C)(=O)C(O)(CC(=O)c1ccc([N+](=O)[O-])cc1)C(F)(F)F. The first-order valence-electron chi connectivity index (χ1n) is 6.64. The summed E-state index contributed by atoms with van der Waals surface area (Å²) in [6.45, 7) is 1.55. The first kappa shape index (κ1) is 20.3. The Bertz CT molecular complexity index is 675. The number of nitro groups is 1. The van der Waals surface area contributed by atoms with Gasteiger partial charge in [-0.2, -0.15) is 13.2 Å². The van der Waals surface area contributed by atoms with Crippen molar-refractivity contribution in [2.24, 2.45) is 0 Å². The predicted octanol–water partition coefficient (Wildman–Crippen LogP) is 3.36. The van der Waals surface area contributed by atoms with Gasteiger partial charge in [0.1, 0.15) is 0 Å². The summed E-state index contributed by atoms with van der Waals surface area (Å²) in [5, 5.41) is 16.6. The molecule has 0 aliphatic heterocycles. The highest BCUT2D eigenvalue weighted by atomic mass is 31.2. The number of aliphatic hydroxyl groups is 1. The van der Waals surface area contributed by atoms with Crippen LogP contribution in [0.2, 0.25) is 0 Å². The molecule has 7 nitrogen and oxygen atoms in total. The number of benzene rings is 1. The Morgan fingerprint density at radius 1 is 1.33 bits per heavy atom. The highest BCUT2D eigenvalue weighted by Crippen LogP contribution is 2.62. The smallest absolute Gasteiger partial charge is 0.372 e. The molecule has 0 radical (unpaired) electrons. The molecule has 11 heteroatoms. The Hall–Kier alpha value is -1.77. The van der Waals surface area contributed by atoms with Crippen LogP contribution in [-0.4, -0.2) is 40.6 Å². The summed E-state index contributed by atoms with van der Waals surface area (Å²) < 4.78 is 56.4. The maximum absolute atomic E-state index is 13.2. The number of nitrogens with zero attached hydrogens (tertiary/aromatic N) is 1. The molecule has 24 heavy (non-hydrogen) atoms. The van der Waals surface area contributed by atoms with E-state index in [1.165, 1.54) is 6.92 Å². The number of ketones is 1. The molecular weight excluding hydrogens is 354 g/mol. The molecule has 1 aromatic carbocycles. The van der Waals surface area contributed by atoms with Crippen molar-refractivity contribution in [1.29, 1.82) is 0 Å². The Morgan fingerprint density at radius 3 is 2.21 bits per heavy atom. The van der Waals surface area contributed by atoms with E-state index in [0.717, 1.165) is 24.3 Å². The summed E-state index contributed by atoms with van der Waals surface area (Å²) in [7, 11) is -4.63. The normalized spacial score (nSPS) is 16.9. The number of alkyl halides is 3. The van der Waals surface area contributed by atoms with E-state index in [4.69, 9.17) is 0 Å². The van der Waals surface area contributed by atoms with Crippen molar-refractivity contribution in [1.82, 2.24) is 0 Å². The van der Waals surface area contributed by atoms with Crippen LogP contribution < -0.4 is 0 Å². The highest BCUT2D eigenvalue weighted by Gasteiger charge is 2.64. The molecular formula is C13H15F3NO6P. The zero-order valence-electron chi connectivity index (χ0n) is 12.7. The van der Waals surface area contributed by atoms with E-state index in [-0.39, 0.29) is 17.9 Å². The topological polar surface area (TPSA) is 107 Å². The van der Waals surface area contributed by atoms with Crippen LogP contribution in [0.1, 0.15) is 23.7 Å². The van der Waals surface area contributed by atoms with E-state index in [9.17, 15) is 37.8 Å². The molecule has 0 aliphatic rings. The molecule has 0 aliphatic carbocycles. The van der Waals surface area contributed by atoms with Crippen LogP contribution in [0.4, 0.5) is 18.9 Å². The highest BCUT2D eigenvalue weighted by molar-refractivity contribution is 7.59. The molecule has 1 N–H and O–H groups in total. The number of Topliss-reactive ketones (excluding diaryl/α,β-unsaturated/α-hetero) is 1. The number of halogens is 3. The van der Waals surface area contributed by atoms with Gasteiger partial charge in [0.25, 0.3) is 5.69 Å². The fourth-order valence-electron chi connectivity index (χ4n) is 1.92. The number of hydrogen-bond acceptors (Lipinski definition) is 6. The minimum absolute atomic E-state index is 0.292. The minimum atomic E-state index is -5.37. The Labute approximate surface area is 135 Å². The predicted molar refractivity (Wildman–Crippen MR) is 78.2 cm³/mol. The van der Waals surface area contributed by atoms with Gasteiger partial charge in [-0.3, -0.25) is 19.5 Å². The van der Waals surface area contributed by atoms with E-state index in [0.29, 0.717) is 6.66 Å². The third kappa shape index (κ3) is 4.00. The van der Waals surface area contributed by atoms with Gasteiger partial charge >= 0.3 is 6.18 Å². The molecule has 0 amide bonds. The number of nitro benzene ring substituents is 1. The van der Waals surface area contributed by atoms with Crippen molar-refractivity contribution in [3.8, 4) is 0 Å². The largest absolute Gasteiger partial charge is 0.427 e. The molecule has 2 atom stereocenters. The van der Waals surface area contributed by atoms with Crippen molar-refractivity contribution < 1.29 is 37.1 Å². The number of rotatable bonds is 7. The molecule has 0 spiro atoms. The zero-order chi connectivity index (χ0) is 18.8. The summed E-state index contributed by atoms with van der Waals surface area (Å²) >= 11 is 0. The van der Waals surface area contributed by atoms with Crippen LogP contribution in [0.15, 0.2) is 24.3 Å². The second-order valence-corrected chi connectivity index (χ2v) is 7.67. The van der Waals surface area contributed by atoms with Crippen LogP contribution in [-0.2, 0) is 9.09 Å². The molecule has 134 valence electrons. The van der Waals surface area contributed by atoms with Crippen LogP contribution in [0, 0.1) is 10.1 Å². The Balaban J connectivity index is 3.18. The van der Waals surface area contributed by atoms with Gasteiger partial charge in [-0.1, -0.05) is 0 Å². The summed E-state index contributed by atoms with van der Waals surface area (Å²) in [4.78, 5) is 21.8. The average Bonchev–Trinajstić information content (AvgIpc) is 2.45. The van der Waals surface area contributed by atoms with Gasteiger partial charge in [-0.05, 0) is 19.1 Å². The number of carbonyl (C=O) groups excluding carboxylic acids is 1. The molecule has 0 saturated carbocycles. The molecule has 2 unspecified atom stereocenters. The van der Waals surface area contributed by atoms with Gasteiger partial charge < -0.3 is 9.63 Å². The van der Waals surface area contributed by atoms with Crippen molar-refractivity contribution >= 4 is 18.8 Å². The lowest BCUT2D eigenvalue weighted by atomic mass is 10.0. The third-order valence-corrected chi connectivity index (χ3v) is 5.82. The molecule has 0 heterocycles.